The molecular formula is C11H8N3O2S. The molecule has 0 saturated heterocycles. The Labute approximate surface area is 97.6 Å². The van der Waals surface area contributed by atoms with Gasteiger partial charge in [-0.2, -0.15) is 0 Å². The number of nitrogens with zero attached hydrogens (tertiary/aromatic N) is 3. The first-order valence-electron chi connectivity index (χ1n) is 4.90. The summed E-state index contributed by atoms with van der Waals surface area (Å²) >= 11 is 0. The summed E-state index contributed by atoms with van der Waals surface area (Å²) in [4.78, 5) is 0.284. The fraction of sp³-hybridized carbons (Fsp3) is 0.0909. The lowest BCUT2D eigenvalue weighted by Gasteiger charge is -2.03. The van der Waals surface area contributed by atoms with Crippen molar-refractivity contribution in [1.29, 1.82) is 0 Å². The smallest absolute Gasteiger partial charge is 0.175 e. The Bertz CT molecular complexity index is 821. The second-order valence-electron chi connectivity index (χ2n) is 3.81. The molecule has 0 N–H and O–H groups in total. The average molecular weight is 246 g/mol. The first kappa shape index (κ1) is 10.2. The van der Waals surface area contributed by atoms with Crippen molar-refractivity contribution >= 4 is 26.4 Å². The lowest BCUT2D eigenvalue weighted by molar-refractivity contribution is 0.602. The van der Waals surface area contributed by atoms with Crippen molar-refractivity contribution in [3.05, 3.63) is 36.7 Å². The lowest BCUT2D eigenvalue weighted by Crippen LogP contribution is -1.98. The summed E-state index contributed by atoms with van der Waals surface area (Å²) in [7, 11) is -3.21. The number of sulfone groups is 1. The van der Waals surface area contributed by atoms with Crippen LogP contribution < -0.4 is 0 Å². The Hall–Kier alpha value is -1.95. The van der Waals surface area contributed by atoms with E-state index in [-0.39, 0.29) is 4.90 Å². The number of fused-ring (bicyclic) bond motifs is 3. The highest BCUT2D eigenvalue weighted by Gasteiger charge is 2.09. The molecule has 1 radical (unpaired) electrons. The highest BCUT2D eigenvalue weighted by Crippen LogP contribution is 2.19. The summed E-state index contributed by atoms with van der Waals surface area (Å²) < 4.78 is 24.7. The van der Waals surface area contributed by atoms with Gasteiger partial charge in [0.1, 0.15) is 6.33 Å². The molecule has 2 aromatic heterocycles. The fourth-order valence-electron chi connectivity index (χ4n) is 1.74. The van der Waals surface area contributed by atoms with E-state index >= 15 is 0 Å². The predicted molar refractivity (Wildman–Crippen MR) is 62.4 cm³/mol. The largest absolute Gasteiger partial charge is 0.281 e. The van der Waals surface area contributed by atoms with Crippen molar-refractivity contribution in [2.24, 2.45) is 0 Å². The second kappa shape index (κ2) is 3.27. The molecule has 0 fully saturated rings. The lowest BCUT2D eigenvalue weighted by atomic mass is 10.2. The highest BCUT2D eigenvalue weighted by molar-refractivity contribution is 7.90. The Morgan fingerprint density at radius 1 is 1.35 bits per heavy atom. The van der Waals surface area contributed by atoms with Gasteiger partial charge in [0.05, 0.1) is 10.4 Å². The van der Waals surface area contributed by atoms with Crippen LogP contribution in [0.25, 0.3) is 16.6 Å². The van der Waals surface area contributed by atoms with Gasteiger partial charge in [-0.15, -0.1) is 10.2 Å². The predicted octanol–water partition coefficient (Wildman–Crippen LogP) is 1.09. The number of benzene rings is 1. The monoisotopic (exact) mass is 246 g/mol. The summed E-state index contributed by atoms with van der Waals surface area (Å²) in [5.74, 6) is 0. The SMILES string of the molecule is CS(=O)(=O)c1ccc2c[c]c3nncn3c2c1. The molecule has 85 valence electrons. The van der Waals surface area contributed by atoms with Crippen LogP contribution in [0.2, 0.25) is 0 Å². The number of rotatable bonds is 1. The van der Waals surface area contributed by atoms with E-state index in [4.69, 9.17) is 0 Å². The van der Waals surface area contributed by atoms with E-state index in [0.717, 1.165) is 10.9 Å². The van der Waals surface area contributed by atoms with Crippen LogP contribution in [0, 0.1) is 6.07 Å². The second-order valence-corrected chi connectivity index (χ2v) is 5.82. The topological polar surface area (TPSA) is 64.3 Å². The van der Waals surface area contributed by atoms with Crippen LogP contribution in [0.15, 0.2) is 35.5 Å². The maximum absolute atomic E-state index is 11.5. The van der Waals surface area contributed by atoms with Gasteiger partial charge in [0.25, 0.3) is 0 Å². The maximum Gasteiger partial charge on any atom is 0.175 e. The van der Waals surface area contributed by atoms with Gasteiger partial charge in [-0.25, -0.2) is 8.42 Å². The van der Waals surface area contributed by atoms with E-state index in [1.54, 1.807) is 35.0 Å². The molecule has 2 heterocycles. The molecule has 0 saturated carbocycles. The minimum atomic E-state index is -3.21. The van der Waals surface area contributed by atoms with E-state index in [9.17, 15) is 8.42 Å². The van der Waals surface area contributed by atoms with Gasteiger partial charge in [-0.1, -0.05) is 6.07 Å². The van der Waals surface area contributed by atoms with Crippen molar-refractivity contribution in [1.82, 2.24) is 14.6 Å². The maximum atomic E-state index is 11.5. The molecule has 5 nitrogen and oxygen atoms in total. The van der Waals surface area contributed by atoms with Gasteiger partial charge in [0.2, 0.25) is 0 Å². The average Bonchev–Trinajstić information content (AvgIpc) is 2.75. The molecule has 0 bridgehead atoms. The zero-order valence-corrected chi connectivity index (χ0v) is 9.77. The van der Waals surface area contributed by atoms with Gasteiger partial charge < -0.3 is 0 Å². The molecular weight excluding hydrogens is 238 g/mol. The highest BCUT2D eigenvalue weighted by atomic mass is 32.2. The minimum Gasteiger partial charge on any atom is -0.281 e. The summed E-state index contributed by atoms with van der Waals surface area (Å²) in [6.45, 7) is 0. The van der Waals surface area contributed by atoms with Crippen LogP contribution in [0.3, 0.4) is 0 Å². The van der Waals surface area contributed by atoms with E-state index in [2.05, 4.69) is 16.3 Å². The molecule has 0 atom stereocenters. The molecule has 0 spiro atoms. The van der Waals surface area contributed by atoms with Gasteiger partial charge in [-0.3, -0.25) is 4.40 Å². The Morgan fingerprint density at radius 3 is 2.94 bits per heavy atom. The zero-order valence-electron chi connectivity index (χ0n) is 8.95. The molecule has 6 heteroatoms. The number of aromatic nitrogens is 3. The first-order chi connectivity index (χ1) is 8.05. The third-order valence-corrected chi connectivity index (χ3v) is 3.70. The standard InChI is InChI=1S/C11H8N3O2S/c1-17(15,16)9-4-2-8-3-5-11-13-12-7-14(11)10(8)6-9/h2-4,6-7H,1H3. The molecule has 0 aliphatic rings. The molecule has 3 rings (SSSR count). The molecule has 0 aliphatic carbocycles. The summed E-state index contributed by atoms with van der Waals surface area (Å²) in [6.07, 6.45) is 2.73. The summed E-state index contributed by atoms with van der Waals surface area (Å²) in [5, 5.41) is 8.54. The van der Waals surface area contributed by atoms with Crippen LogP contribution in [-0.4, -0.2) is 29.3 Å². The molecule has 3 aromatic rings. The van der Waals surface area contributed by atoms with E-state index in [0.29, 0.717) is 5.65 Å². The van der Waals surface area contributed by atoms with E-state index in [1.807, 2.05) is 0 Å². The Kier molecular flexibility index (Phi) is 1.97. The number of hydrogen-bond donors (Lipinski definition) is 0. The van der Waals surface area contributed by atoms with Crippen LogP contribution in [0.1, 0.15) is 0 Å². The molecule has 17 heavy (non-hydrogen) atoms. The molecule has 0 unspecified atom stereocenters. The first-order valence-corrected chi connectivity index (χ1v) is 6.79. The van der Waals surface area contributed by atoms with Gasteiger partial charge in [0.15, 0.2) is 15.5 Å². The summed E-state index contributed by atoms with van der Waals surface area (Å²) in [6, 6.07) is 9.70. The van der Waals surface area contributed by atoms with Gasteiger partial charge >= 0.3 is 0 Å². The van der Waals surface area contributed by atoms with Crippen molar-refractivity contribution < 1.29 is 8.42 Å². The van der Waals surface area contributed by atoms with Crippen LogP contribution in [-0.2, 0) is 9.84 Å². The van der Waals surface area contributed by atoms with Crippen LogP contribution >= 0.6 is 0 Å². The van der Waals surface area contributed by atoms with Crippen molar-refractivity contribution in [3.63, 3.8) is 0 Å². The number of hydrogen-bond acceptors (Lipinski definition) is 4. The van der Waals surface area contributed by atoms with E-state index < -0.39 is 9.84 Å². The fourth-order valence-corrected chi connectivity index (χ4v) is 2.38. The molecule has 1 aromatic carbocycles. The molecule has 0 amide bonds. The van der Waals surface area contributed by atoms with Crippen LogP contribution in [0.4, 0.5) is 0 Å². The third-order valence-electron chi connectivity index (χ3n) is 2.59. The number of pyridine rings is 1. The third kappa shape index (κ3) is 1.57. The Morgan fingerprint density at radius 2 is 2.18 bits per heavy atom. The van der Waals surface area contributed by atoms with Crippen molar-refractivity contribution in [2.45, 2.75) is 4.90 Å². The van der Waals surface area contributed by atoms with E-state index in [1.165, 1.54) is 6.26 Å². The van der Waals surface area contributed by atoms with Crippen molar-refractivity contribution in [2.75, 3.05) is 6.26 Å². The minimum absolute atomic E-state index is 0.284. The molecule has 0 aliphatic heterocycles. The summed E-state index contributed by atoms with van der Waals surface area (Å²) in [5.41, 5.74) is 1.33. The normalized spacial score (nSPS) is 12.3. The van der Waals surface area contributed by atoms with Gasteiger partial charge in [0, 0.05) is 12.3 Å². The Balaban J connectivity index is 2.48. The zero-order chi connectivity index (χ0) is 12.0. The quantitative estimate of drug-likeness (QED) is 0.644. The van der Waals surface area contributed by atoms with Gasteiger partial charge in [-0.05, 0) is 23.6 Å². The van der Waals surface area contributed by atoms with Crippen LogP contribution in [0.5, 0.6) is 0 Å². The van der Waals surface area contributed by atoms with Crippen molar-refractivity contribution in [3.8, 4) is 0 Å².